The van der Waals surface area contributed by atoms with E-state index in [1.54, 1.807) is 0 Å². The van der Waals surface area contributed by atoms with Crippen LogP contribution in [-0.2, 0) is 23.1 Å². The molecule has 0 radical (unpaired) electrons. The maximum absolute atomic E-state index is 5.64. The van der Waals surface area contributed by atoms with Crippen molar-refractivity contribution < 1.29 is 9.47 Å². The van der Waals surface area contributed by atoms with Gasteiger partial charge in [-0.3, -0.25) is 4.90 Å². The van der Waals surface area contributed by atoms with Gasteiger partial charge in [0.15, 0.2) is 11.8 Å². The van der Waals surface area contributed by atoms with E-state index in [1.165, 1.54) is 0 Å². The lowest BCUT2D eigenvalue weighted by molar-refractivity contribution is 0.0389. The fraction of sp³-hybridized carbons (Fsp3) is 0.842. The molecule has 0 unspecified atom stereocenters. The number of aromatic nitrogens is 3. The van der Waals surface area contributed by atoms with Gasteiger partial charge in [-0.15, -0.1) is 10.2 Å². The van der Waals surface area contributed by atoms with Crippen molar-refractivity contribution in [1.82, 2.24) is 30.3 Å². The van der Waals surface area contributed by atoms with Gasteiger partial charge in [0.05, 0.1) is 13.2 Å². The molecule has 1 aromatic rings. The molecular formula is C19H37N7O2. The molecule has 0 spiro atoms. The first kappa shape index (κ1) is 22.6. The number of hydrogen-bond acceptors (Lipinski definition) is 6. The summed E-state index contributed by atoms with van der Waals surface area (Å²) in [5.41, 5.74) is 0. The third-order valence-corrected chi connectivity index (χ3v) is 4.59. The van der Waals surface area contributed by atoms with Gasteiger partial charge in [-0.25, -0.2) is 4.99 Å². The summed E-state index contributed by atoms with van der Waals surface area (Å²) in [5, 5.41) is 15.1. The van der Waals surface area contributed by atoms with Crippen molar-refractivity contribution in [1.29, 1.82) is 0 Å². The van der Waals surface area contributed by atoms with E-state index in [-0.39, 0.29) is 0 Å². The second-order valence-corrected chi connectivity index (χ2v) is 7.52. The van der Waals surface area contributed by atoms with E-state index in [9.17, 15) is 0 Å². The lowest BCUT2D eigenvalue weighted by atomic mass is 10.2. The van der Waals surface area contributed by atoms with Crippen LogP contribution in [0.2, 0.25) is 0 Å². The minimum atomic E-state index is 0.494. The molecule has 0 aromatic carbocycles. The van der Waals surface area contributed by atoms with Crippen LogP contribution in [0.5, 0.6) is 0 Å². The fourth-order valence-corrected chi connectivity index (χ4v) is 2.77. The standard InChI is InChI=1S/C19H37N7O2/c1-16(2)15-28-11-5-6-20-19(21-7-8-26-9-12-27-13-10-26)22-14-18-24-23-17(3)25(18)4/h16H,5-15H2,1-4H3,(H2,20,21,22). The topological polar surface area (TPSA) is 88.8 Å². The summed E-state index contributed by atoms with van der Waals surface area (Å²) in [6, 6.07) is 0. The average Bonchev–Trinajstić information content (AvgIpc) is 3.01. The van der Waals surface area contributed by atoms with Crippen molar-refractivity contribution in [2.75, 3.05) is 59.2 Å². The number of aryl methyl sites for hydroxylation is 1. The summed E-state index contributed by atoms with van der Waals surface area (Å²) in [6.45, 7) is 14.6. The number of nitrogens with one attached hydrogen (secondary N) is 2. The first-order chi connectivity index (χ1) is 13.6. The molecule has 0 bridgehead atoms. The summed E-state index contributed by atoms with van der Waals surface area (Å²) >= 11 is 0. The van der Waals surface area contributed by atoms with Crippen LogP contribution in [0.25, 0.3) is 0 Å². The number of aliphatic imine (C=N–C) groups is 1. The van der Waals surface area contributed by atoms with Gasteiger partial charge < -0.3 is 24.7 Å². The van der Waals surface area contributed by atoms with Gasteiger partial charge in [0.25, 0.3) is 0 Å². The summed E-state index contributed by atoms with van der Waals surface area (Å²) in [7, 11) is 1.96. The molecule has 0 saturated carbocycles. The van der Waals surface area contributed by atoms with Crippen LogP contribution in [0, 0.1) is 12.8 Å². The second kappa shape index (κ2) is 12.7. The maximum atomic E-state index is 5.64. The molecule has 9 nitrogen and oxygen atoms in total. The van der Waals surface area contributed by atoms with E-state index in [4.69, 9.17) is 9.47 Å². The second-order valence-electron chi connectivity index (χ2n) is 7.52. The Hall–Kier alpha value is -1.71. The predicted molar refractivity (Wildman–Crippen MR) is 110 cm³/mol. The zero-order valence-electron chi connectivity index (χ0n) is 17.9. The molecule has 28 heavy (non-hydrogen) atoms. The maximum Gasteiger partial charge on any atom is 0.191 e. The number of ether oxygens (including phenoxy) is 2. The first-order valence-electron chi connectivity index (χ1n) is 10.3. The molecule has 1 aromatic heterocycles. The Balaban J connectivity index is 1.78. The van der Waals surface area contributed by atoms with Crippen LogP contribution in [0.1, 0.15) is 31.9 Å². The van der Waals surface area contributed by atoms with Gasteiger partial charge in [-0.05, 0) is 19.3 Å². The van der Waals surface area contributed by atoms with Gasteiger partial charge >= 0.3 is 0 Å². The van der Waals surface area contributed by atoms with Crippen LogP contribution in [0.15, 0.2) is 4.99 Å². The van der Waals surface area contributed by atoms with Crippen LogP contribution in [0.4, 0.5) is 0 Å². The lowest BCUT2D eigenvalue weighted by Gasteiger charge is -2.26. The highest BCUT2D eigenvalue weighted by molar-refractivity contribution is 5.79. The van der Waals surface area contributed by atoms with Gasteiger partial charge in [-0.1, -0.05) is 13.8 Å². The minimum absolute atomic E-state index is 0.494. The van der Waals surface area contributed by atoms with Crippen molar-refractivity contribution in [2.45, 2.75) is 33.7 Å². The Labute approximate surface area is 168 Å². The highest BCUT2D eigenvalue weighted by Gasteiger charge is 2.10. The number of rotatable bonds is 11. The Bertz CT molecular complexity index is 583. The normalized spacial score (nSPS) is 16.0. The smallest absolute Gasteiger partial charge is 0.191 e. The van der Waals surface area contributed by atoms with Crippen LogP contribution < -0.4 is 10.6 Å². The van der Waals surface area contributed by atoms with Crippen LogP contribution >= 0.6 is 0 Å². The van der Waals surface area contributed by atoms with Gasteiger partial charge in [0.2, 0.25) is 0 Å². The van der Waals surface area contributed by atoms with Crippen molar-refractivity contribution in [3.8, 4) is 0 Å². The van der Waals surface area contributed by atoms with Gasteiger partial charge in [0, 0.05) is 53.0 Å². The van der Waals surface area contributed by atoms with Crippen molar-refractivity contribution in [3.05, 3.63) is 11.6 Å². The predicted octanol–water partition coefficient (Wildman–Crippen LogP) is 0.554. The fourth-order valence-electron chi connectivity index (χ4n) is 2.77. The molecule has 0 aliphatic carbocycles. The Morgan fingerprint density at radius 2 is 1.96 bits per heavy atom. The molecule has 1 aliphatic heterocycles. The zero-order chi connectivity index (χ0) is 20.2. The molecule has 2 rings (SSSR count). The zero-order valence-corrected chi connectivity index (χ0v) is 17.9. The van der Waals surface area contributed by atoms with Gasteiger partial charge in [-0.2, -0.15) is 0 Å². The van der Waals surface area contributed by atoms with Crippen LogP contribution in [0.3, 0.4) is 0 Å². The summed E-state index contributed by atoms with van der Waals surface area (Å²) in [4.78, 5) is 7.09. The minimum Gasteiger partial charge on any atom is -0.381 e. The van der Waals surface area contributed by atoms with Crippen molar-refractivity contribution in [2.24, 2.45) is 18.0 Å². The summed E-state index contributed by atoms with van der Waals surface area (Å²) in [6.07, 6.45) is 0.944. The van der Waals surface area contributed by atoms with Crippen LogP contribution in [-0.4, -0.2) is 84.8 Å². The molecule has 1 saturated heterocycles. The third-order valence-electron chi connectivity index (χ3n) is 4.59. The summed E-state index contributed by atoms with van der Waals surface area (Å²) in [5.74, 6) is 3.12. The molecule has 0 amide bonds. The van der Waals surface area contributed by atoms with E-state index >= 15 is 0 Å². The number of guanidine groups is 1. The molecule has 2 N–H and O–H groups in total. The van der Waals surface area contributed by atoms with E-state index in [0.717, 1.165) is 83.2 Å². The molecule has 160 valence electrons. The highest BCUT2D eigenvalue weighted by atomic mass is 16.5. The molecule has 1 aliphatic rings. The number of morpholine rings is 1. The number of hydrogen-bond donors (Lipinski definition) is 2. The van der Waals surface area contributed by atoms with E-state index in [0.29, 0.717) is 12.5 Å². The van der Waals surface area contributed by atoms with Gasteiger partial charge in [0.1, 0.15) is 12.4 Å². The SMILES string of the molecule is Cc1nnc(CN=C(NCCCOCC(C)C)NCCN2CCOCC2)n1C. The molecule has 0 atom stereocenters. The van der Waals surface area contributed by atoms with E-state index < -0.39 is 0 Å². The average molecular weight is 396 g/mol. The van der Waals surface area contributed by atoms with Crippen molar-refractivity contribution >= 4 is 5.96 Å². The Morgan fingerprint density at radius 1 is 1.21 bits per heavy atom. The molecule has 1 fully saturated rings. The molecular weight excluding hydrogens is 358 g/mol. The largest absolute Gasteiger partial charge is 0.381 e. The summed E-state index contributed by atoms with van der Waals surface area (Å²) < 4.78 is 13.0. The van der Waals surface area contributed by atoms with E-state index in [1.807, 2.05) is 18.5 Å². The third kappa shape index (κ3) is 8.53. The monoisotopic (exact) mass is 395 g/mol. The molecule has 9 heteroatoms. The lowest BCUT2D eigenvalue weighted by Crippen LogP contribution is -2.44. The quantitative estimate of drug-likeness (QED) is 0.321. The van der Waals surface area contributed by atoms with E-state index in [2.05, 4.69) is 44.6 Å². The Kier molecular flexibility index (Phi) is 10.2. The first-order valence-corrected chi connectivity index (χ1v) is 10.3. The molecule has 2 heterocycles. The highest BCUT2D eigenvalue weighted by Crippen LogP contribution is 1.99. The number of nitrogens with zero attached hydrogens (tertiary/aromatic N) is 5. The van der Waals surface area contributed by atoms with Crippen molar-refractivity contribution in [3.63, 3.8) is 0 Å². The Morgan fingerprint density at radius 3 is 2.64 bits per heavy atom.